The third-order valence-electron chi connectivity index (χ3n) is 4.84. The van der Waals surface area contributed by atoms with E-state index in [1.165, 1.54) is 27.4 Å². The molecule has 1 saturated carbocycles. The largest absolute Gasteiger partial charge is 0.311 e. The average molecular weight is 361 g/mol. The number of thiazole rings is 1. The number of para-hydroxylation sites is 1. The van der Waals surface area contributed by atoms with E-state index in [4.69, 9.17) is 22.3 Å². The molecule has 0 aliphatic heterocycles. The van der Waals surface area contributed by atoms with Crippen LogP contribution in [0.2, 0.25) is 0 Å². The minimum Gasteiger partial charge on any atom is -0.311 e. The van der Waals surface area contributed by atoms with Crippen LogP contribution in [0.15, 0.2) is 24.3 Å². The van der Waals surface area contributed by atoms with E-state index >= 15 is 0 Å². The second kappa shape index (κ2) is 6.06. The summed E-state index contributed by atoms with van der Waals surface area (Å²) >= 11 is 7.35. The normalized spacial score (nSPS) is 17.3. The fourth-order valence-corrected chi connectivity index (χ4v) is 4.27. The highest BCUT2D eigenvalue weighted by molar-refractivity contribution is 7.71. The highest BCUT2D eigenvalue weighted by atomic mass is 32.1. The van der Waals surface area contributed by atoms with Crippen LogP contribution in [-0.4, -0.2) is 26.4 Å². The number of hydrogen-bond donors (Lipinski definition) is 1. The van der Waals surface area contributed by atoms with Gasteiger partial charge in [-0.15, -0.1) is 11.3 Å². The van der Waals surface area contributed by atoms with Gasteiger partial charge in [0.2, 0.25) is 4.77 Å². The summed E-state index contributed by atoms with van der Waals surface area (Å²) in [6, 6.07) is 8.62. The van der Waals surface area contributed by atoms with Crippen LogP contribution < -0.4 is 4.90 Å². The number of nitrogens with one attached hydrogen (secondary N) is 1. The fraction of sp³-hybridized carbons (Fsp3) is 0.471. The van der Waals surface area contributed by atoms with Crippen molar-refractivity contribution in [2.24, 2.45) is 7.05 Å². The summed E-state index contributed by atoms with van der Waals surface area (Å²) in [5.74, 6) is 1.75. The molecule has 1 unspecified atom stereocenters. The van der Waals surface area contributed by atoms with E-state index in [9.17, 15) is 0 Å². The molecule has 0 amide bonds. The number of quaternary nitrogens is 1. The first-order chi connectivity index (χ1) is 11.5. The van der Waals surface area contributed by atoms with Crippen LogP contribution in [0.1, 0.15) is 42.6 Å². The minimum absolute atomic E-state index is 0.302. The summed E-state index contributed by atoms with van der Waals surface area (Å²) in [6.45, 7) is 2.98. The van der Waals surface area contributed by atoms with Crippen molar-refractivity contribution in [2.45, 2.75) is 38.4 Å². The molecule has 1 aliphatic rings. The van der Waals surface area contributed by atoms with E-state index in [2.05, 4.69) is 36.7 Å². The van der Waals surface area contributed by atoms with Gasteiger partial charge in [0.15, 0.2) is 11.7 Å². The molecule has 4 rings (SSSR count). The Morgan fingerprint density at radius 3 is 2.83 bits per heavy atom. The van der Waals surface area contributed by atoms with Crippen molar-refractivity contribution in [2.75, 3.05) is 7.05 Å². The third-order valence-corrected chi connectivity index (χ3v) is 6.54. The summed E-state index contributed by atoms with van der Waals surface area (Å²) in [4.78, 5) is 6.13. The lowest BCUT2D eigenvalue weighted by Gasteiger charge is -2.19. The molecule has 24 heavy (non-hydrogen) atoms. The monoisotopic (exact) mass is 360 g/mol. The Morgan fingerprint density at radius 2 is 2.12 bits per heavy atom. The van der Waals surface area contributed by atoms with E-state index in [0.717, 1.165) is 22.8 Å². The van der Waals surface area contributed by atoms with Gasteiger partial charge in [-0.2, -0.15) is 9.78 Å². The number of aromatic nitrogens is 4. The van der Waals surface area contributed by atoms with Crippen LogP contribution in [0, 0.1) is 4.77 Å². The van der Waals surface area contributed by atoms with Gasteiger partial charge in [0.25, 0.3) is 0 Å². The van der Waals surface area contributed by atoms with Crippen LogP contribution >= 0.6 is 23.6 Å². The quantitative estimate of drug-likeness (QED) is 0.711. The zero-order valence-corrected chi connectivity index (χ0v) is 15.8. The average Bonchev–Trinajstić information content (AvgIpc) is 3.27. The van der Waals surface area contributed by atoms with Gasteiger partial charge in [-0.1, -0.05) is 12.1 Å². The Labute approximate surface area is 150 Å². The first-order valence-corrected chi connectivity index (χ1v) is 9.58. The van der Waals surface area contributed by atoms with Gasteiger partial charge in [-0.05, 0) is 44.1 Å². The predicted molar refractivity (Wildman–Crippen MR) is 98.9 cm³/mol. The van der Waals surface area contributed by atoms with E-state index in [0.29, 0.717) is 12.0 Å². The number of hydrogen-bond acceptors (Lipinski definition) is 4. The Balaban J connectivity index is 1.56. The molecule has 1 aliphatic carbocycles. The molecule has 2 aromatic heterocycles. The molecule has 126 valence electrons. The van der Waals surface area contributed by atoms with Gasteiger partial charge in [0.1, 0.15) is 11.9 Å². The van der Waals surface area contributed by atoms with Crippen LogP contribution in [0.3, 0.4) is 0 Å². The summed E-state index contributed by atoms with van der Waals surface area (Å²) in [6.07, 6.45) is 2.48. The zero-order chi connectivity index (χ0) is 16.8. The molecule has 0 saturated heterocycles. The van der Waals surface area contributed by atoms with Crippen molar-refractivity contribution in [1.82, 2.24) is 19.3 Å². The molecule has 0 spiro atoms. The Hall–Kier alpha value is -1.57. The van der Waals surface area contributed by atoms with Gasteiger partial charge >= 0.3 is 0 Å². The first-order valence-electron chi connectivity index (χ1n) is 8.36. The molecule has 0 radical (unpaired) electrons. The van der Waals surface area contributed by atoms with Crippen LogP contribution in [0.25, 0.3) is 10.2 Å². The van der Waals surface area contributed by atoms with Crippen molar-refractivity contribution in [1.29, 1.82) is 0 Å². The second-order valence-corrected chi connectivity index (χ2v) is 8.15. The molecule has 5 nitrogen and oxygen atoms in total. The number of rotatable bonds is 5. The molecule has 1 aromatic carbocycles. The number of benzene rings is 1. The SMILES string of the molecule is C[C@H](c1nc2ccccc2s1)[NH+](C)Cn1nc(C2CC2)n(C)c1=S. The first kappa shape index (κ1) is 15.9. The zero-order valence-electron chi connectivity index (χ0n) is 14.2. The van der Waals surface area contributed by atoms with Crippen molar-refractivity contribution >= 4 is 33.8 Å². The van der Waals surface area contributed by atoms with Crippen molar-refractivity contribution in [3.8, 4) is 0 Å². The fourth-order valence-electron chi connectivity index (χ4n) is 2.96. The maximum atomic E-state index is 5.57. The number of nitrogens with zero attached hydrogens (tertiary/aromatic N) is 4. The topological polar surface area (TPSA) is 40.1 Å². The molecule has 2 atom stereocenters. The van der Waals surface area contributed by atoms with Crippen molar-refractivity contribution in [3.05, 3.63) is 39.9 Å². The van der Waals surface area contributed by atoms with Crippen LogP contribution in [0.4, 0.5) is 0 Å². The van der Waals surface area contributed by atoms with E-state index < -0.39 is 0 Å². The van der Waals surface area contributed by atoms with Gasteiger partial charge in [-0.3, -0.25) is 0 Å². The molecule has 1 N–H and O–H groups in total. The molecular weight excluding hydrogens is 338 g/mol. The highest BCUT2D eigenvalue weighted by Crippen LogP contribution is 2.38. The third kappa shape index (κ3) is 2.81. The lowest BCUT2D eigenvalue weighted by Crippen LogP contribution is -3.08. The maximum Gasteiger partial charge on any atom is 0.202 e. The van der Waals surface area contributed by atoms with Gasteiger partial charge in [0, 0.05) is 13.0 Å². The van der Waals surface area contributed by atoms with E-state index in [1.807, 2.05) is 17.8 Å². The Bertz CT molecular complexity index is 901. The summed E-state index contributed by atoms with van der Waals surface area (Å²) in [5, 5.41) is 5.93. The summed E-state index contributed by atoms with van der Waals surface area (Å²) < 4.78 is 6.11. The molecule has 1 fully saturated rings. The van der Waals surface area contributed by atoms with Crippen molar-refractivity contribution in [3.63, 3.8) is 0 Å². The van der Waals surface area contributed by atoms with E-state index in [1.54, 1.807) is 11.3 Å². The molecular formula is C17H22N5S2+. The standard InChI is InChI=1S/C17H21N5S2/c1-11(16-18-13-6-4-5-7-14(13)24-16)20(2)10-22-17(23)21(3)15(19-22)12-8-9-12/h4-7,11-12H,8-10H2,1-3H3/p+1/t11-/m1/s1. The summed E-state index contributed by atoms with van der Waals surface area (Å²) in [5.41, 5.74) is 1.09. The van der Waals surface area contributed by atoms with Crippen LogP contribution in [-0.2, 0) is 13.7 Å². The smallest absolute Gasteiger partial charge is 0.202 e. The van der Waals surface area contributed by atoms with Gasteiger partial charge in [0.05, 0.1) is 17.3 Å². The van der Waals surface area contributed by atoms with Gasteiger partial charge < -0.3 is 9.47 Å². The van der Waals surface area contributed by atoms with Crippen molar-refractivity contribution < 1.29 is 4.90 Å². The predicted octanol–water partition coefficient (Wildman–Crippen LogP) is 2.67. The van der Waals surface area contributed by atoms with Crippen LogP contribution in [0.5, 0.6) is 0 Å². The second-order valence-electron chi connectivity index (χ2n) is 6.72. The maximum absolute atomic E-state index is 5.57. The molecule has 2 heterocycles. The molecule has 0 bridgehead atoms. The number of fused-ring (bicyclic) bond motifs is 1. The lowest BCUT2D eigenvalue weighted by atomic mass is 10.3. The minimum atomic E-state index is 0.302. The van der Waals surface area contributed by atoms with E-state index in [-0.39, 0.29) is 0 Å². The Morgan fingerprint density at radius 1 is 1.38 bits per heavy atom. The summed E-state index contributed by atoms with van der Waals surface area (Å²) in [7, 11) is 4.22. The highest BCUT2D eigenvalue weighted by Gasteiger charge is 2.30. The van der Waals surface area contributed by atoms with Gasteiger partial charge in [-0.25, -0.2) is 4.98 Å². The Kier molecular flexibility index (Phi) is 4.02. The molecule has 3 aromatic rings. The molecule has 7 heteroatoms. The lowest BCUT2D eigenvalue weighted by molar-refractivity contribution is -0.933.